The molecule has 1 unspecified atom stereocenters. The Morgan fingerprint density at radius 2 is 1.95 bits per heavy atom. The van der Waals surface area contributed by atoms with E-state index in [0.29, 0.717) is 24.8 Å². The third-order valence-electron chi connectivity index (χ3n) is 2.74. The van der Waals surface area contributed by atoms with E-state index >= 15 is 0 Å². The summed E-state index contributed by atoms with van der Waals surface area (Å²) < 4.78 is 16.1. The fourth-order valence-electron chi connectivity index (χ4n) is 1.67. The molecule has 0 aliphatic rings. The summed E-state index contributed by atoms with van der Waals surface area (Å²) in [5, 5.41) is 13.0. The second-order valence-corrected chi connectivity index (χ2v) is 5.32. The SMILES string of the molecule is COc1cccc(OCC(O)CNCCOCC(C)C)c1. The Balaban J connectivity index is 2.09. The van der Waals surface area contributed by atoms with Crippen LogP contribution in [0.4, 0.5) is 0 Å². The van der Waals surface area contributed by atoms with Crippen LogP contribution in [0.25, 0.3) is 0 Å². The van der Waals surface area contributed by atoms with Crippen LogP contribution in [-0.4, -0.2) is 51.2 Å². The van der Waals surface area contributed by atoms with Gasteiger partial charge in [0.15, 0.2) is 0 Å². The molecule has 0 heterocycles. The molecule has 0 fully saturated rings. The van der Waals surface area contributed by atoms with Gasteiger partial charge in [-0.05, 0) is 18.1 Å². The molecule has 5 nitrogen and oxygen atoms in total. The van der Waals surface area contributed by atoms with Crippen molar-refractivity contribution in [2.75, 3.05) is 40.0 Å². The van der Waals surface area contributed by atoms with Gasteiger partial charge in [0.1, 0.15) is 24.2 Å². The van der Waals surface area contributed by atoms with E-state index in [1.807, 2.05) is 18.2 Å². The van der Waals surface area contributed by atoms with Crippen molar-refractivity contribution in [3.05, 3.63) is 24.3 Å². The molecular formula is C16H27NO4. The van der Waals surface area contributed by atoms with Gasteiger partial charge in [-0.25, -0.2) is 0 Å². The molecule has 0 saturated heterocycles. The monoisotopic (exact) mass is 297 g/mol. The predicted molar refractivity (Wildman–Crippen MR) is 83.0 cm³/mol. The normalized spacial score (nSPS) is 12.4. The molecule has 5 heteroatoms. The van der Waals surface area contributed by atoms with Crippen LogP contribution < -0.4 is 14.8 Å². The molecule has 0 bridgehead atoms. The first kappa shape index (κ1) is 17.8. The zero-order valence-electron chi connectivity index (χ0n) is 13.2. The van der Waals surface area contributed by atoms with Crippen LogP contribution in [0.1, 0.15) is 13.8 Å². The standard InChI is InChI=1S/C16H27NO4/c1-13(2)11-20-8-7-17-10-14(18)12-21-16-6-4-5-15(9-16)19-3/h4-6,9,13-14,17-18H,7-8,10-12H2,1-3H3. The van der Waals surface area contributed by atoms with Gasteiger partial charge in [-0.2, -0.15) is 0 Å². The number of benzene rings is 1. The van der Waals surface area contributed by atoms with E-state index in [0.717, 1.165) is 18.9 Å². The highest BCUT2D eigenvalue weighted by molar-refractivity contribution is 5.32. The largest absolute Gasteiger partial charge is 0.497 e. The molecular weight excluding hydrogens is 270 g/mol. The molecule has 1 atom stereocenters. The maximum Gasteiger partial charge on any atom is 0.123 e. The highest BCUT2D eigenvalue weighted by atomic mass is 16.5. The van der Waals surface area contributed by atoms with Crippen molar-refractivity contribution in [1.82, 2.24) is 5.32 Å². The summed E-state index contributed by atoms with van der Waals surface area (Å²) in [5.74, 6) is 1.97. The van der Waals surface area contributed by atoms with Crippen molar-refractivity contribution in [3.63, 3.8) is 0 Å². The minimum absolute atomic E-state index is 0.243. The van der Waals surface area contributed by atoms with Crippen molar-refractivity contribution in [1.29, 1.82) is 0 Å². The number of nitrogens with one attached hydrogen (secondary N) is 1. The molecule has 0 aliphatic carbocycles. The highest BCUT2D eigenvalue weighted by Crippen LogP contribution is 2.18. The van der Waals surface area contributed by atoms with Crippen LogP contribution in [0.3, 0.4) is 0 Å². The molecule has 1 rings (SSSR count). The van der Waals surface area contributed by atoms with Gasteiger partial charge in [-0.15, -0.1) is 0 Å². The van der Waals surface area contributed by atoms with Gasteiger partial charge in [-0.1, -0.05) is 19.9 Å². The summed E-state index contributed by atoms with van der Waals surface area (Å²) in [6, 6.07) is 7.33. The fraction of sp³-hybridized carbons (Fsp3) is 0.625. The molecule has 0 amide bonds. The molecule has 0 spiro atoms. The summed E-state index contributed by atoms with van der Waals surface area (Å²) in [5.41, 5.74) is 0. The third kappa shape index (κ3) is 8.55. The Labute approximate surface area is 127 Å². The molecule has 0 aromatic heterocycles. The van der Waals surface area contributed by atoms with Gasteiger partial charge >= 0.3 is 0 Å². The summed E-state index contributed by atoms with van der Waals surface area (Å²) in [6.45, 7) is 7.11. The molecule has 0 radical (unpaired) electrons. The minimum Gasteiger partial charge on any atom is -0.497 e. The second-order valence-electron chi connectivity index (χ2n) is 5.32. The van der Waals surface area contributed by atoms with Crippen LogP contribution in [0.15, 0.2) is 24.3 Å². The maximum absolute atomic E-state index is 9.82. The smallest absolute Gasteiger partial charge is 0.123 e. The third-order valence-corrected chi connectivity index (χ3v) is 2.74. The van der Waals surface area contributed by atoms with Crippen LogP contribution in [-0.2, 0) is 4.74 Å². The molecule has 2 N–H and O–H groups in total. The lowest BCUT2D eigenvalue weighted by atomic mass is 10.2. The lowest BCUT2D eigenvalue weighted by molar-refractivity contribution is 0.0924. The second kappa shape index (κ2) is 10.4. The van der Waals surface area contributed by atoms with E-state index in [-0.39, 0.29) is 6.61 Å². The lowest BCUT2D eigenvalue weighted by Gasteiger charge is -2.14. The van der Waals surface area contributed by atoms with Gasteiger partial charge in [0.25, 0.3) is 0 Å². The lowest BCUT2D eigenvalue weighted by Crippen LogP contribution is -2.33. The molecule has 21 heavy (non-hydrogen) atoms. The maximum atomic E-state index is 9.82. The molecule has 0 saturated carbocycles. The molecule has 1 aromatic rings. The van der Waals surface area contributed by atoms with Gasteiger partial charge in [0.2, 0.25) is 0 Å². The van der Waals surface area contributed by atoms with Gasteiger partial charge in [-0.3, -0.25) is 0 Å². The highest BCUT2D eigenvalue weighted by Gasteiger charge is 2.05. The van der Waals surface area contributed by atoms with Crippen LogP contribution in [0, 0.1) is 5.92 Å². The number of hydrogen-bond acceptors (Lipinski definition) is 5. The van der Waals surface area contributed by atoms with E-state index in [1.165, 1.54) is 0 Å². The minimum atomic E-state index is -0.554. The number of methoxy groups -OCH3 is 1. The first-order valence-corrected chi connectivity index (χ1v) is 7.35. The quantitative estimate of drug-likeness (QED) is 0.609. The zero-order valence-corrected chi connectivity index (χ0v) is 13.2. The Morgan fingerprint density at radius 1 is 1.19 bits per heavy atom. The zero-order chi connectivity index (χ0) is 15.5. The first-order valence-electron chi connectivity index (χ1n) is 7.35. The van der Waals surface area contributed by atoms with Crippen molar-refractivity contribution in [2.24, 2.45) is 5.92 Å². The Kier molecular flexibility index (Phi) is 8.82. The Bertz CT molecular complexity index is 384. The Hall–Kier alpha value is -1.30. The van der Waals surface area contributed by atoms with Gasteiger partial charge < -0.3 is 24.6 Å². The summed E-state index contributed by atoms with van der Waals surface area (Å²) in [6.07, 6.45) is -0.554. The van der Waals surface area contributed by atoms with Crippen molar-refractivity contribution in [2.45, 2.75) is 20.0 Å². The van der Waals surface area contributed by atoms with Crippen molar-refractivity contribution >= 4 is 0 Å². The van der Waals surface area contributed by atoms with Crippen LogP contribution in [0.2, 0.25) is 0 Å². The number of ether oxygens (including phenoxy) is 3. The average Bonchev–Trinajstić information content (AvgIpc) is 2.48. The topological polar surface area (TPSA) is 60.0 Å². The van der Waals surface area contributed by atoms with Crippen LogP contribution >= 0.6 is 0 Å². The predicted octanol–water partition coefficient (Wildman–Crippen LogP) is 1.70. The van der Waals surface area contributed by atoms with E-state index in [9.17, 15) is 5.11 Å². The van der Waals surface area contributed by atoms with Gasteiger partial charge in [0.05, 0.1) is 13.7 Å². The number of aliphatic hydroxyl groups excluding tert-OH is 1. The van der Waals surface area contributed by atoms with Crippen molar-refractivity contribution < 1.29 is 19.3 Å². The van der Waals surface area contributed by atoms with E-state index in [2.05, 4.69) is 19.2 Å². The van der Waals surface area contributed by atoms with E-state index < -0.39 is 6.10 Å². The summed E-state index contributed by atoms with van der Waals surface area (Å²) in [4.78, 5) is 0. The number of aliphatic hydroxyl groups is 1. The van der Waals surface area contributed by atoms with E-state index in [4.69, 9.17) is 14.2 Å². The number of rotatable bonds is 11. The fourth-order valence-corrected chi connectivity index (χ4v) is 1.67. The Morgan fingerprint density at radius 3 is 2.67 bits per heavy atom. The molecule has 1 aromatic carbocycles. The molecule has 0 aliphatic heterocycles. The first-order chi connectivity index (χ1) is 10.1. The average molecular weight is 297 g/mol. The van der Waals surface area contributed by atoms with Crippen molar-refractivity contribution in [3.8, 4) is 11.5 Å². The molecule has 120 valence electrons. The van der Waals surface area contributed by atoms with Gasteiger partial charge in [0, 0.05) is 25.8 Å². The number of hydrogen-bond donors (Lipinski definition) is 2. The summed E-state index contributed by atoms with van der Waals surface area (Å²) >= 11 is 0. The summed E-state index contributed by atoms with van der Waals surface area (Å²) in [7, 11) is 1.61. The van der Waals surface area contributed by atoms with Crippen LogP contribution in [0.5, 0.6) is 11.5 Å². The van der Waals surface area contributed by atoms with E-state index in [1.54, 1.807) is 13.2 Å².